The molecule has 0 unspecified atom stereocenters. The molecule has 2 aromatic rings. The van der Waals surface area contributed by atoms with Gasteiger partial charge >= 0.3 is 0 Å². The van der Waals surface area contributed by atoms with Crippen molar-refractivity contribution in [1.82, 2.24) is 15.0 Å². The molecule has 25 heavy (non-hydrogen) atoms. The van der Waals surface area contributed by atoms with Gasteiger partial charge in [-0.15, -0.1) is 10.2 Å². The molecule has 0 bridgehead atoms. The van der Waals surface area contributed by atoms with Crippen molar-refractivity contribution in [3.63, 3.8) is 0 Å². The quantitative estimate of drug-likeness (QED) is 0.807. The van der Waals surface area contributed by atoms with E-state index in [0.29, 0.717) is 5.00 Å². The lowest BCUT2D eigenvalue weighted by atomic mass is 9.93. The molecule has 0 aromatic carbocycles. The summed E-state index contributed by atoms with van der Waals surface area (Å²) >= 11 is 1.47. The molecule has 8 nitrogen and oxygen atoms in total. The molecular weight excluding hydrogens is 336 g/mol. The van der Waals surface area contributed by atoms with Crippen molar-refractivity contribution >= 4 is 27.4 Å². The second-order valence-electron chi connectivity index (χ2n) is 6.28. The number of rotatable bonds is 5. The van der Waals surface area contributed by atoms with Crippen molar-refractivity contribution in [2.75, 3.05) is 18.0 Å². The topological polar surface area (TPSA) is 117 Å². The van der Waals surface area contributed by atoms with Crippen LogP contribution in [0.25, 0.3) is 0 Å². The van der Waals surface area contributed by atoms with Crippen LogP contribution in [0.2, 0.25) is 0 Å². The predicted molar refractivity (Wildman–Crippen MR) is 96.6 cm³/mol. The van der Waals surface area contributed by atoms with Crippen molar-refractivity contribution < 1.29 is 0 Å². The zero-order valence-electron chi connectivity index (χ0n) is 15.0. The number of nitriles is 2. The first-order valence-corrected chi connectivity index (χ1v) is 8.73. The molecule has 0 amide bonds. The molecular formula is C16H20N8S. The molecule has 9 heteroatoms. The van der Waals surface area contributed by atoms with E-state index in [1.54, 1.807) is 0 Å². The van der Waals surface area contributed by atoms with Crippen LogP contribution in [-0.2, 0) is 5.41 Å². The van der Waals surface area contributed by atoms with Gasteiger partial charge in [-0.2, -0.15) is 15.5 Å². The van der Waals surface area contributed by atoms with Crippen LogP contribution in [0.5, 0.6) is 0 Å². The van der Waals surface area contributed by atoms with Crippen LogP contribution in [0.4, 0.5) is 16.1 Å². The monoisotopic (exact) mass is 356 g/mol. The number of nitrogens with zero attached hydrogens (tertiary/aromatic N) is 7. The molecule has 130 valence electrons. The number of aromatic amines is 1. The molecule has 2 heterocycles. The highest BCUT2D eigenvalue weighted by Gasteiger charge is 2.25. The fourth-order valence-electron chi connectivity index (χ4n) is 2.15. The Hall–Kier alpha value is -2.78. The molecule has 1 N–H and O–H groups in total. The van der Waals surface area contributed by atoms with Crippen LogP contribution in [-0.4, -0.2) is 28.0 Å². The van der Waals surface area contributed by atoms with Gasteiger partial charge < -0.3 is 9.88 Å². The van der Waals surface area contributed by atoms with E-state index in [1.807, 2.05) is 12.1 Å². The smallest absolute Gasteiger partial charge is 0.249 e. The Bertz CT molecular complexity index is 821. The van der Waals surface area contributed by atoms with Crippen LogP contribution in [0.1, 0.15) is 51.7 Å². The Kier molecular flexibility index (Phi) is 5.50. The van der Waals surface area contributed by atoms with Gasteiger partial charge in [-0.1, -0.05) is 32.1 Å². The summed E-state index contributed by atoms with van der Waals surface area (Å²) in [6.45, 7) is 12.1. The summed E-state index contributed by atoms with van der Waals surface area (Å²) in [5.41, 5.74) is 0.770. The van der Waals surface area contributed by atoms with Gasteiger partial charge in [-0.3, -0.25) is 0 Å². The molecule has 0 aliphatic heterocycles. The van der Waals surface area contributed by atoms with Gasteiger partial charge in [0.2, 0.25) is 5.95 Å². The van der Waals surface area contributed by atoms with E-state index in [4.69, 9.17) is 15.5 Å². The minimum absolute atomic E-state index is 0.0145. The Morgan fingerprint density at radius 3 is 2.28 bits per heavy atom. The first kappa shape index (κ1) is 18.6. The van der Waals surface area contributed by atoms with Crippen LogP contribution < -0.4 is 4.90 Å². The first-order chi connectivity index (χ1) is 11.8. The third kappa shape index (κ3) is 4.01. The number of azo groups is 1. The van der Waals surface area contributed by atoms with E-state index in [1.165, 1.54) is 11.3 Å². The number of nitrogens with one attached hydrogen (secondary N) is 1. The molecule has 0 saturated carbocycles. The first-order valence-electron chi connectivity index (χ1n) is 7.92. The maximum Gasteiger partial charge on any atom is 0.249 e. The van der Waals surface area contributed by atoms with Crippen molar-refractivity contribution in [3.05, 3.63) is 17.1 Å². The van der Waals surface area contributed by atoms with E-state index in [0.717, 1.165) is 23.9 Å². The number of thiazole rings is 1. The summed E-state index contributed by atoms with van der Waals surface area (Å²) in [6, 6.07) is 3.73. The summed E-state index contributed by atoms with van der Waals surface area (Å²) in [7, 11) is 0. The number of anilines is 1. The van der Waals surface area contributed by atoms with Crippen molar-refractivity contribution in [1.29, 1.82) is 10.5 Å². The lowest BCUT2D eigenvalue weighted by molar-refractivity contribution is 0.573. The highest BCUT2D eigenvalue weighted by molar-refractivity contribution is 7.19. The van der Waals surface area contributed by atoms with Crippen molar-refractivity contribution in [2.24, 2.45) is 10.2 Å². The number of hydrogen-bond donors (Lipinski definition) is 1. The van der Waals surface area contributed by atoms with E-state index in [-0.39, 0.29) is 22.8 Å². The number of aromatic nitrogens is 3. The molecule has 0 aliphatic carbocycles. The van der Waals surface area contributed by atoms with Gasteiger partial charge in [0.05, 0.1) is 5.69 Å². The molecule has 0 spiro atoms. The van der Waals surface area contributed by atoms with E-state index >= 15 is 0 Å². The average molecular weight is 356 g/mol. The molecule has 2 aromatic heterocycles. The molecule has 0 radical (unpaired) electrons. The van der Waals surface area contributed by atoms with E-state index in [2.05, 4.69) is 59.7 Å². The summed E-state index contributed by atoms with van der Waals surface area (Å²) in [4.78, 5) is 13.5. The molecule has 0 aliphatic rings. The Morgan fingerprint density at radius 2 is 1.80 bits per heavy atom. The largest absolute Gasteiger partial charge is 0.349 e. The predicted octanol–water partition coefficient (Wildman–Crippen LogP) is 4.17. The third-order valence-corrected chi connectivity index (χ3v) is 4.49. The number of imidazole rings is 1. The molecule has 0 atom stereocenters. The highest BCUT2D eigenvalue weighted by Crippen LogP contribution is 2.40. The molecule has 0 fully saturated rings. The minimum atomic E-state index is -0.185. The maximum absolute atomic E-state index is 8.96. The van der Waals surface area contributed by atoms with Crippen LogP contribution in [0, 0.1) is 22.7 Å². The zero-order valence-corrected chi connectivity index (χ0v) is 15.8. The van der Waals surface area contributed by atoms with Gasteiger partial charge in [0.25, 0.3) is 0 Å². The third-order valence-electron chi connectivity index (χ3n) is 3.49. The molecule has 0 saturated heterocycles. The summed E-state index contributed by atoms with van der Waals surface area (Å²) < 4.78 is 0. The Labute approximate surface area is 150 Å². The van der Waals surface area contributed by atoms with E-state index in [9.17, 15) is 0 Å². The summed E-state index contributed by atoms with van der Waals surface area (Å²) in [5, 5.41) is 27.8. The summed E-state index contributed by atoms with van der Waals surface area (Å²) in [6.07, 6.45) is 0. The number of hydrogen-bond acceptors (Lipinski definition) is 8. The fourth-order valence-corrected chi connectivity index (χ4v) is 3.38. The van der Waals surface area contributed by atoms with E-state index < -0.39 is 0 Å². The molecule has 2 rings (SSSR count). The lowest BCUT2D eigenvalue weighted by Crippen LogP contribution is -2.22. The standard InChI is InChI=1S/C16H20N8S/c1-6-24(7-2)15-21-12(16(3,4)5)13(25-15)22-23-14-19-10(8-17)11(9-18)20-14/h6-7H2,1-5H3,(H,19,20)/b23-22+. The maximum atomic E-state index is 8.96. The SMILES string of the molecule is CCN(CC)c1nc(C(C)(C)C)c(/N=N/c2nc(C#N)c(C#N)[nH]2)s1. The van der Waals surface area contributed by atoms with Crippen molar-refractivity contribution in [3.8, 4) is 12.1 Å². The van der Waals surface area contributed by atoms with Crippen LogP contribution in [0.3, 0.4) is 0 Å². The lowest BCUT2D eigenvalue weighted by Gasteiger charge is -2.18. The van der Waals surface area contributed by atoms with Crippen LogP contribution in [0.15, 0.2) is 10.2 Å². The second kappa shape index (κ2) is 7.41. The average Bonchev–Trinajstić information content (AvgIpc) is 3.17. The summed E-state index contributed by atoms with van der Waals surface area (Å²) in [5.74, 6) is 0.130. The van der Waals surface area contributed by atoms with Gasteiger partial charge in [0.15, 0.2) is 21.5 Å². The van der Waals surface area contributed by atoms with Gasteiger partial charge in [-0.05, 0) is 13.8 Å². The minimum Gasteiger partial charge on any atom is -0.349 e. The fraction of sp³-hybridized carbons (Fsp3) is 0.500. The normalized spacial score (nSPS) is 11.5. The van der Waals surface area contributed by atoms with Gasteiger partial charge in [0.1, 0.15) is 12.1 Å². The van der Waals surface area contributed by atoms with Crippen molar-refractivity contribution in [2.45, 2.75) is 40.0 Å². The van der Waals surface area contributed by atoms with Gasteiger partial charge in [-0.25, -0.2) is 4.98 Å². The highest BCUT2D eigenvalue weighted by atomic mass is 32.1. The van der Waals surface area contributed by atoms with Gasteiger partial charge in [0, 0.05) is 18.5 Å². The number of H-pyrrole nitrogens is 1. The Balaban J connectivity index is 2.43. The Morgan fingerprint density at radius 1 is 1.12 bits per heavy atom. The second-order valence-corrected chi connectivity index (χ2v) is 7.24. The van der Waals surface area contributed by atoms with Crippen LogP contribution >= 0.6 is 11.3 Å². The zero-order chi connectivity index (χ0) is 18.6.